The van der Waals surface area contributed by atoms with E-state index < -0.39 is 0 Å². The maximum Gasteiger partial charge on any atom is 0.311 e. The Kier molecular flexibility index (Phi) is 12.7. The van der Waals surface area contributed by atoms with Crippen LogP contribution < -0.4 is 9.47 Å². The monoisotopic (exact) mass is 468 g/mol. The van der Waals surface area contributed by atoms with Crippen molar-refractivity contribution in [2.75, 3.05) is 6.61 Å². The number of ether oxygens (including phenoxy) is 2. The van der Waals surface area contributed by atoms with Crippen LogP contribution in [0.4, 0.5) is 0 Å². The number of carbonyl (C=O) groups is 1. The molecule has 0 saturated heterocycles. The van der Waals surface area contributed by atoms with Gasteiger partial charge in [-0.15, -0.1) is 0 Å². The molecule has 34 heavy (non-hydrogen) atoms. The highest BCUT2D eigenvalue weighted by Gasteiger charge is 2.23. The van der Waals surface area contributed by atoms with Crippen LogP contribution in [-0.2, 0) is 4.79 Å². The predicted molar refractivity (Wildman–Crippen MR) is 139 cm³/mol. The van der Waals surface area contributed by atoms with Gasteiger partial charge in [0.15, 0.2) is 11.6 Å². The van der Waals surface area contributed by atoms with E-state index in [4.69, 9.17) is 9.47 Å². The Bertz CT molecular complexity index is 816. The van der Waals surface area contributed by atoms with Crippen molar-refractivity contribution in [2.45, 2.75) is 105 Å². The van der Waals surface area contributed by atoms with Gasteiger partial charge in [0.05, 0.1) is 25.4 Å². The summed E-state index contributed by atoms with van der Waals surface area (Å²) in [7, 11) is 0. The molecule has 188 valence electrons. The molecule has 5 heteroatoms. The van der Waals surface area contributed by atoms with E-state index in [-0.39, 0.29) is 11.4 Å². The van der Waals surface area contributed by atoms with Gasteiger partial charge in [0.2, 0.25) is 0 Å². The zero-order valence-corrected chi connectivity index (χ0v) is 21.8. The summed E-state index contributed by atoms with van der Waals surface area (Å²) in [5.41, 5.74) is 0.836. The summed E-state index contributed by atoms with van der Waals surface area (Å²) >= 11 is 0. The number of nitrogens with zero attached hydrogens (tertiary/aromatic N) is 2. The third-order valence-electron chi connectivity index (χ3n) is 6.07. The average molecular weight is 469 g/mol. The fraction of sp³-hybridized carbons (Fsp3) is 0.621. The molecule has 0 aliphatic rings. The molecule has 0 saturated carbocycles. The summed E-state index contributed by atoms with van der Waals surface area (Å²) in [4.78, 5) is 21.2. The van der Waals surface area contributed by atoms with Gasteiger partial charge in [0.1, 0.15) is 5.75 Å². The molecule has 2 aromatic rings. The lowest BCUT2D eigenvalue weighted by Crippen LogP contribution is -2.21. The Balaban J connectivity index is 1.76. The van der Waals surface area contributed by atoms with Crippen molar-refractivity contribution < 1.29 is 14.3 Å². The Labute approximate surface area is 206 Å². The topological polar surface area (TPSA) is 61.3 Å². The summed E-state index contributed by atoms with van der Waals surface area (Å²) in [5, 5.41) is 0. The van der Waals surface area contributed by atoms with Crippen LogP contribution in [-0.4, -0.2) is 22.5 Å². The third kappa shape index (κ3) is 11.1. The van der Waals surface area contributed by atoms with Crippen molar-refractivity contribution in [1.82, 2.24) is 9.97 Å². The molecule has 0 fully saturated rings. The van der Waals surface area contributed by atoms with Gasteiger partial charge in [-0.2, -0.15) is 0 Å². The van der Waals surface area contributed by atoms with Crippen LogP contribution in [0.2, 0.25) is 0 Å². The molecule has 1 aromatic heterocycles. The first-order chi connectivity index (χ1) is 16.4. The first kappa shape index (κ1) is 27.8. The number of esters is 1. The highest BCUT2D eigenvalue weighted by molar-refractivity contribution is 5.73. The first-order valence-electron chi connectivity index (χ1n) is 13.2. The van der Waals surface area contributed by atoms with Gasteiger partial charge < -0.3 is 9.47 Å². The number of hydrogen-bond donors (Lipinski definition) is 0. The Morgan fingerprint density at radius 1 is 0.794 bits per heavy atom. The molecule has 1 aromatic carbocycles. The van der Waals surface area contributed by atoms with E-state index in [9.17, 15) is 4.79 Å². The molecule has 0 atom stereocenters. The first-order valence-corrected chi connectivity index (χ1v) is 13.2. The minimum absolute atomic E-state index is 0.0650. The second kappa shape index (κ2) is 15.5. The predicted octanol–water partition coefficient (Wildman–Crippen LogP) is 8.18. The zero-order chi connectivity index (χ0) is 24.7. The van der Waals surface area contributed by atoms with E-state index in [0.29, 0.717) is 18.0 Å². The van der Waals surface area contributed by atoms with Crippen LogP contribution in [0.5, 0.6) is 11.5 Å². The van der Waals surface area contributed by atoms with Crippen molar-refractivity contribution in [1.29, 1.82) is 0 Å². The average Bonchev–Trinajstić information content (AvgIpc) is 2.82. The minimum atomic E-state index is -0.233. The van der Waals surface area contributed by atoms with Crippen molar-refractivity contribution in [3.05, 3.63) is 36.7 Å². The van der Waals surface area contributed by atoms with Crippen molar-refractivity contribution in [3.63, 3.8) is 0 Å². The Morgan fingerprint density at radius 3 is 2.03 bits per heavy atom. The maximum atomic E-state index is 12.4. The quantitative estimate of drug-likeness (QED) is 0.173. The number of rotatable bonds is 17. The van der Waals surface area contributed by atoms with Crippen LogP contribution in [0.25, 0.3) is 11.4 Å². The fourth-order valence-corrected chi connectivity index (χ4v) is 3.97. The van der Waals surface area contributed by atoms with Crippen LogP contribution in [0.1, 0.15) is 105 Å². The molecular formula is C29H44N2O3. The van der Waals surface area contributed by atoms with Gasteiger partial charge in [0.25, 0.3) is 0 Å². The van der Waals surface area contributed by atoms with E-state index >= 15 is 0 Å². The number of carbonyl (C=O) groups excluding carboxylic acids is 1. The minimum Gasteiger partial charge on any atom is -0.494 e. The second-order valence-electron chi connectivity index (χ2n) is 10.0. The Hall–Kier alpha value is -2.43. The van der Waals surface area contributed by atoms with Gasteiger partial charge >= 0.3 is 5.97 Å². The molecule has 0 unspecified atom stereocenters. The number of aromatic nitrogens is 2. The second-order valence-corrected chi connectivity index (χ2v) is 10.0. The van der Waals surface area contributed by atoms with Gasteiger partial charge in [-0.3, -0.25) is 4.79 Å². The molecule has 5 nitrogen and oxygen atoms in total. The smallest absolute Gasteiger partial charge is 0.311 e. The van der Waals surface area contributed by atoms with Crippen LogP contribution in [0, 0.1) is 5.41 Å². The summed E-state index contributed by atoms with van der Waals surface area (Å²) < 4.78 is 11.3. The standard InChI is InChI=1S/C29H44N2O3/c1-5-7-9-11-12-14-20-33-25-17-15-24(16-18-25)28-30-22-26(23-31-28)34-27(32)21-29(3,4)19-13-10-8-6-2/h15-18,22-23H,5-14,19-21H2,1-4H3. The summed E-state index contributed by atoms with van der Waals surface area (Å²) in [6.07, 6.45) is 16.9. The highest BCUT2D eigenvalue weighted by atomic mass is 16.5. The third-order valence-corrected chi connectivity index (χ3v) is 6.07. The SMILES string of the molecule is CCCCCCCCOc1ccc(-c2ncc(OC(=O)CC(C)(C)CCCCCC)cn2)cc1. The molecule has 0 spiro atoms. The van der Waals surface area contributed by atoms with Crippen molar-refractivity contribution >= 4 is 5.97 Å². The van der Waals surface area contributed by atoms with E-state index in [1.807, 2.05) is 24.3 Å². The summed E-state index contributed by atoms with van der Waals surface area (Å²) in [6, 6.07) is 7.82. The maximum absolute atomic E-state index is 12.4. The highest BCUT2D eigenvalue weighted by Crippen LogP contribution is 2.29. The molecule has 0 radical (unpaired) electrons. The van der Waals surface area contributed by atoms with Gasteiger partial charge in [-0.1, -0.05) is 85.5 Å². The lowest BCUT2D eigenvalue weighted by molar-refractivity contribution is -0.136. The van der Waals surface area contributed by atoms with Crippen LogP contribution in [0.3, 0.4) is 0 Å². The summed E-state index contributed by atoms with van der Waals surface area (Å²) in [5.74, 6) is 1.61. The van der Waals surface area contributed by atoms with E-state index in [2.05, 4.69) is 37.7 Å². The number of unbranched alkanes of at least 4 members (excludes halogenated alkanes) is 8. The molecule has 0 aliphatic carbocycles. The Morgan fingerprint density at radius 2 is 1.38 bits per heavy atom. The number of hydrogen-bond acceptors (Lipinski definition) is 5. The molecule has 0 amide bonds. The molecular weight excluding hydrogens is 424 g/mol. The van der Waals surface area contributed by atoms with Gasteiger partial charge in [-0.05, 0) is 42.5 Å². The molecule has 0 N–H and O–H groups in total. The van der Waals surface area contributed by atoms with E-state index in [1.54, 1.807) is 12.4 Å². The van der Waals surface area contributed by atoms with E-state index in [0.717, 1.165) is 37.2 Å². The molecule has 2 rings (SSSR count). The van der Waals surface area contributed by atoms with E-state index in [1.165, 1.54) is 51.4 Å². The largest absolute Gasteiger partial charge is 0.494 e. The zero-order valence-electron chi connectivity index (χ0n) is 21.8. The molecule has 0 aliphatic heterocycles. The lowest BCUT2D eigenvalue weighted by Gasteiger charge is -2.23. The normalized spacial score (nSPS) is 11.4. The van der Waals surface area contributed by atoms with Crippen molar-refractivity contribution in [2.24, 2.45) is 5.41 Å². The van der Waals surface area contributed by atoms with Crippen LogP contribution in [0.15, 0.2) is 36.7 Å². The summed E-state index contributed by atoms with van der Waals surface area (Å²) in [6.45, 7) is 9.44. The fourth-order valence-electron chi connectivity index (χ4n) is 3.97. The van der Waals surface area contributed by atoms with Gasteiger partial charge in [0, 0.05) is 5.56 Å². The van der Waals surface area contributed by atoms with Gasteiger partial charge in [-0.25, -0.2) is 9.97 Å². The molecule has 1 heterocycles. The lowest BCUT2D eigenvalue weighted by atomic mass is 9.83. The molecule has 0 bridgehead atoms. The number of benzene rings is 1. The van der Waals surface area contributed by atoms with Crippen molar-refractivity contribution in [3.8, 4) is 22.9 Å². The van der Waals surface area contributed by atoms with Crippen LogP contribution >= 0.6 is 0 Å².